The maximum atomic E-state index is 12.5. The van der Waals surface area contributed by atoms with Crippen LogP contribution in [0.5, 0.6) is 11.5 Å². The zero-order valence-electron chi connectivity index (χ0n) is 15.0. The van der Waals surface area contributed by atoms with Crippen LogP contribution in [0.1, 0.15) is 27.2 Å². The molecular weight excluding hydrogens is 326 g/mol. The number of nitrogens with two attached hydrogens (primary N) is 1. The van der Waals surface area contributed by atoms with Crippen molar-refractivity contribution >= 4 is 17.4 Å². The van der Waals surface area contributed by atoms with Crippen LogP contribution in [0.4, 0.5) is 11.5 Å². The highest BCUT2D eigenvalue weighted by Gasteiger charge is 2.15. The Morgan fingerprint density at radius 3 is 2.35 bits per heavy atom. The third-order valence-electron chi connectivity index (χ3n) is 4.03. The van der Waals surface area contributed by atoms with E-state index in [0.29, 0.717) is 17.0 Å². The molecule has 3 N–H and O–H groups in total. The van der Waals surface area contributed by atoms with Gasteiger partial charge in [0.1, 0.15) is 17.3 Å². The molecule has 5 heteroatoms. The summed E-state index contributed by atoms with van der Waals surface area (Å²) in [6.45, 7) is 5.68. The first-order valence-corrected chi connectivity index (χ1v) is 8.32. The molecule has 0 aliphatic rings. The van der Waals surface area contributed by atoms with Gasteiger partial charge in [-0.3, -0.25) is 4.79 Å². The van der Waals surface area contributed by atoms with Crippen LogP contribution < -0.4 is 15.8 Å². The Balaban J connectivity index is 1.74. The lowest BCUT2D eigenvalue weighted by Gasteiger charge is -2.12. The maximum absolute atomic E-state index is 12.5. The molecule has 26 heavy (non-hydrogen) atoms. The van der Waals surface area contributed by atoms with Crippen molar-refractivity contribution in [2.24, 2.45) is 0 Å². The second kappa shape index (κ2) is 7.27. The van der Waals surface area contributed by atoms with Crippen molar-refractivity contribution in [1.82, 2.24) is 4.98 Å². The largest absolute Gasteiger partial charge is 0.457 e. The fourth-order valence-electron chi connectivity index (χ4n) is 2.76. The van der Waals surface area contributed by atoms with E-state index < -0.39 is 0 Å². The van der Waals surface area contributed by atoms with Gasteiger partial charge in [0.05, 0.1) is 5.56 Å². The first-order chi connectivity index (χ1) is 12.4. The molecule has 1 aromatic heterocycles. The summed E-state index contributed by atoms with van der Waals surface area (Å²) in [5.74, 6) is 1.46. The molecule has 3 rings (SSSR count). The number of carbonyl (C=O) groups is 1. The van der Waals surface area contributed by atoms with Gasteiger partial charge in [-0.1, -0.05) is 18.2 Å². The summed E-state index contributed by atoms with van der Waals surface area (Å²) in [5, 5.41) is 2.85. The molecule has 0 fully saturated rings. The number of aromatic nitrogens is 1. The van der Waals surface area contributed by atoms with E-state index in [4.69, 9.17) is 10.5 Å². The number of carbonyl (C=O) groups excluding carboxylic acids is 1. The van der Waals surface area contributed by atoms with E-state index in [1.807, 2.05) is 63.2 Å². The highest BCUT2D eigenvalue weighted by atomic mass is 16.5. The molecule has 0 spiro atoms. The monoisotopic (exact) mass is 347 g/mol. The van der Waals surface area contributed by atoms with Gasteiger partial charge in [0.15, 0.2) is 0 Å². The zero-order chi connectivity index (χ0) is 18.7. The second-order valence-corrected chi connectivity index (χ2v) is 6.19. The highest BCUT2D eigenvalue weighted by Crippen LogP contribution is 2.26. The summed E-state index contributed by atoms with van der Waals surface area (Å²) in [7, 11) is 0. The summed E-state index contributed by atoms with van der Waals surface area (Å²) in [6.07, 6.45) is 0. The van der Waals surface area contributed by atoms with Crippen molar-refractivity contribution in [1.29, 1.82) is 0 Å². The average Bonchev–Trinajstić information content (AvgIpc) is 2.57. The quantitative estimate of drug-likeness (QED) is 0.721. The molecule has 0 atom stereocenters. The van der Waals surface area contributed by atoms with Crippen LogP contribution in [0.25, 0.3) is 0 Å². The van der Waals surface area contributed by atoms with Gasteiger partial charge in [0.2, 0.25) is 0 Å². The first kappa shape index (κ1) is 17.5. The van der Waals surface area contributed by atoms with Gasteiger partial charge in [-0.25, -0.2) is 4.98 Å². The van der Waals surface area contributed by atoms with E-state index in [9.17, 15) is 4.79 Å². The molecule has 0 aliphatic heterocycles. The van der Waals surface area contributed by atoms with E-state index >= 15 is 0 Å². The van der Waals surface area contributed by atoms with Crippen LogP contribution in [-0.2, 0) is 0 Å². The molecule has 0 saturated carbocycles. The minimum Gasteiger partial charge on any atom is -0.457 e. The van der Waals surface area contributed by atoms with Crippen LogP contribution in [0, 0.1) is 20.8 Å². The lowest BCUT2D eigenvalue weighted by Crippen LogP contribution is -2.17. The van der Waals surface area contributed by atoms with Crippen molar-refractivity contribution in [3.8, 4) is 11.5 Å². The number of nitrogens with zero attached hydrogens (tertiary/aromatic N) is 1. The SMILES string of the molecule is Cc1cc(C)c(C(=O)Nc2ccc(Oc3ccccc3C)cc2)c(N)n1. The van der Waals surface area contributed by atoms with E-state index in [2.05, 4.69) is 10.3 Å². The number of pyridine rings is 1. The van der Waals surface area contributed by atoms with Crippen LogP contribution in [-0.4, -0.2) is 10.9 Å². The van der Waals surface area contributed by atoms with Gasteiger partial charge in [-0.05, 0) is 68.3 Å². The number of amides is 1. The Morgan fingerprint density at radius 1 is 1.00 bits per heavy atom. The summed E-state index contributed by atoms with van der Waals surface area (Å²) >= 11 is 0. The number of aryl methyl sites for hydroxylation is 3. The average molecular weight is 347 g/mol. The molecule has 0 saturated heterocycles. The number of anilines is 2. The number of rotatable bonds is 4. The third kappa shape index (κ3) is 3.83. The van der Waals surface area contributed by atoms with Crippen LogP contribution in [0.2, 0.25) is 0 Å². The van der Waals surface area contributed by atoms with Crippen LogP contribution in [0.15, 0.2) is 54.6 Å². The molecule has 0 unspecified atom stereocenters. The predicted octanol–water partition coefficient (Wildman–Crippen LogP) is 4.63. The van der Waals surface area contributed by atoms with Crippen molar-refractivity contribution < 1.29 is 9.53 Å². The molecule has 0 radical (unpaired) electrons. The van der Waals surface area contributed by atoms with Crippen molar-refractivity contribution in [3.63, 3.8) is 0 Å². The molecule has 2 aromatic carbocycles. The second-order valence-electron chi connectivity index (χ2n) is 6.19. The van der Waals surface area contributed by atoms with Gasteiger partial charge < -0.3 is 15.8 Å². The van der Waals surface area contributed by atoms with Crippen molar-refractivity contribution in [2.75, 3.05) is 11.1 Å². The number of para-hydroxylation sites is 1. The number of ether oxygens (including phenoxy) is 1. The third-order valence-corrected chi connectivity index (χ3v) is 4.03. The topological polar surface area (TPSA) is 77.2 Å². The van der Waals surface area contributed by atoms with E-state index in [-0.39, 0.29) is 11.7 Å². The fraction of sp³-hybridized carbons (Fsp3) is 0.143. The van der Waals surface area contributed by atoms with Crippen molar-refractivity contribution in [3.05, 3.63) is 77.0 Å². The number of benzene rings is 2. The van der Waals surface area contributed by atoms with Gasteiger partial charge in [-0.2, -0.15) is 0 Å². The Morgan fingerprint density at radius 2 is 1.69 bits per heavy atom. The Hall–Kier alpha value is -3.34. The van der Waals surface area contributed by atoms with Gasteiger partial charge in [0, 0.05) is 11.4 Å². The normalized spacial score (nSPS) is 10.4. The van der Waals surface area contributed by atoms with Gasteiger partial charge in [0.25, 0.3) is 5.91 Å². The highest BCUT2D eigenvalue weighted by molar-refractivity contribution is 6.08. The number of hydrogen-bond acceptors (Lipinski definition) is 4. The van der Waals surface area contributed by atoms with Crippen LogP contribution >= 0.6 is 0 Å². The number of hydrogen-bond donors (Lipinski definition) is 2. The lowest BCUT2D eigenvalue weighted by atomic mass is 10.1. The smallest absolute Gasteiger partial charge is 0.259 e. The fourth-order valence-corrected chi connectivity index (χ4v) is 2.76. The molecular formula is C21H21N3O2. The zero-order valence-corrected chi connectivity index (χ0v) is 15.0. The summed E-state index contributed by atoms with van der Waals surface area (Å²) in [5.41, 5.74) is 9.61. The molecule has 1 heterocycles. The minimum atomic E-state index is -0.278. The summed E-state index contributed by atoms with van der Waals surface area (Å²) < 4.78 is 5.86. The summed E-state index contributed by atoms with van der Waals surface area (Å²) in [4.78, 5) is 16.7. The molecule has 3 aromatic rings. The first-order valence-electron chi connectivity index (χ1n) is 8.32. The van der Waals surface area contributed by atoms with Crippen LogP contribution in [0.3, 0.4) is 0 Å². The maximum Gasteiger partial charge on any atom is 0.259 e. The molecule has 0 bridgehead atoms. The van der Waals surface area contributed by atoms with E-state index in [0.717, 1.165) is 22.6 Å². The van der Waals surface area contributed by atoms with Crippen molar-refractivity contribution in [2.45, 2.75) is 20.8 Å². The van der Waals surface area contributed by atoms with Gasteiger partial charge in [-0.15, -0.1) is 0 Å². The molecule has 132 valence electrons. The van der Waals surface area contributed by atoms with E-state index in [1.165, 1.54) is 0 Å². The molecule has 0 aliphatic carbocycles. The minimum absolute atomic E-state index is 0.236. The number of nitrogen functional groups attached to an aromatic ring is 1. The molecule has 1 amide bonds. The predicted molar refractivity (Wildman–Crippen MR) is 104 cm³/mol. The lowest BCUT2D eigenvalue weighted by molar-refractivity contribution is 0.102. The standard InChI is InChI=1S/C21H21N3O2/c1-13-6-4-5-7-18(13)26-17-10-8-16(9-11-17)24-21(25)19-14(2)12-15(3)23-20(19)22/h4-12H,1-3H3,(H2,22,23)(H,24,25). The Kier molecular flexibility index (Phi) is 4.89. The summed E-state index contributed by atoms with van der Waals surface area (Å²) in [6, 6.07) is 16.8. The van der Waals surface area contributed by atoms with Gasteiger partial charge >= 0.3 is 0 Å². The Labute approximate surface area is 152 Å². The number of nitrogens with one attached hydrogen (secondary N) is 1. The Bertz CT molecular complexity index is 927. The molecule has 5 nitrogen and oxygen atoms in total. The van der Waals surface area contributed by atoms with E-state index in [1.54, 1.807) is 12.1 Å².